The lowest BCUT2D eigenvalue weighted by atomic mass is 9.92. The first kappa shape index (κ1) is 13.3. The van der Waals surface area contributed by atoms with Crippen molar-refractivity contribution in [2.45, 2.75) is 52.2 Å². The zero-order valence-electron chi connectivity index (χ0n) is 9.78. The van der Waals surface area contributed by atoms with E-state index in [0.717, 1.165) is 19.5 Å². The van der Waals surface area contributed by atoms with Crippen LogP contribution in [0.15, 0.2) is 0 Å². The average Bonchev–Trinajstić information content (AvgIpc) is 1.81. The van der Waals surface area contributed by atoms with Crippen LogP contribution < -0.4 is 5.32 Å². The van der Waals surface area contributed by atoms with Gasteiger partial charge in [0.1, 0.15) is 0 Å². The summed E-state index contributed by atoms with van der Waals surface area (Å²) in [6, 6.07) is 0. The second kappa shape index (κ2) is 5.26. The number of hydrogen-bond acceptors (Lipinski definition) is 2. The first-order chi connectivity index (χ1) is 5.71. The maximum absolute atomic E-state index is 4.47. The minimum Gasteiger partial charge on any atom is -0.317 e. The van der Waals surface area contributed by atoms with Gasteiger partial charge in [0.2, 0.25) is 0 Å². The third kappa shape index (κ3) is 12.3. The Bertz CT molecular complexity index is 114. The fourth-order valence-corrected chi connectivity index (χ4v) is 1.09. The molecule has 0 unspecified atom stereocenters. The van der Waals surface area contributed by atoms with E-state index in [9.17, 15) is 0 Å². The smallest absolute Gasteiger partial charge is 0.00852 e. The number of rotatable bonds is 5. The van der Waals surface area contributed by atoms with Gasteiger partial charge in [-0.3, -0.25) is 0 Å². The zero-order chi connectivity index (χ0) is 10.5. The number of nitrogens with one attached hydrogen (secondary N) is 1. The van der Waals surface area contributed by atoms with E-state index >= 15 is 0 Å². The van der Waals surface area contributed by atoms with Gasteiger partial charge in [0.15, 0.2) is 0 Å². The molecule has 13 heavy (non-hydrogen) atoms. The van der Waals surface area contributed by atoms with E-state index < -0.39 is 0 Å². The van der Waals surface area contributed by atoms with Crippen molar-refractivity contribution in [3.63, 3.8) is 0 Å². The predicted octanol–water partition coefficient (Wildman–Crippen LogP) is 3.11. The van der Waals surface area contributed by atoms with Gasteiger partial charge in [0.25, 0.3) is 0 Å². The molecular weight excluding hydrogens is 178 g/mol. The third-order valence-electron chi connectivity index (χ3n) is 1.97. The van der Waals surface area contributed by atoms with Crippen LogP contribution in [0.5, 0.6) is 0 Å². The summed E-state index contributed by atoms with van der Waals surface area (Å²) >= 11 is 4.47. The highest BCUT2D eigenvalue weighted by Crippen LogP contribution is 2.18. The summed E-state index contributed by atoms with van der Waals surface area (Å²) < 4.78 is 0.161. The third-order valence-corrected chi connectivity index (χ3v) is 2.19. The van der Waals surface area contributed by atoms with Gasteiger partial charge in [-0.15, -0.1) is 0 Å². The van der Waals surface area contributed by atoms with Crippen LogP contribution in [0.1, 0.15) is 47.5 Å². The van der Waals surface area contributed by atoms with Crippen molar-refractivity contribution < 1.29 is 0 Å². The van der Waals surface area contributed by atoms with Crippen molar-refractivity contribution in [2.75, 3.05) is 13.1 Å². The van der Waals surface area contributed by atoms with Crippen molar-refractivity contribution >= 4 is 12.6 Å². The predicted molar refractivity (Wildman–Crippen MR) is 64.6 cm³/mol. The summed E-state index contributed by atoms with van der Waals surface area (Å²) in [5.74, 6) is 0. The molecule has 0 amide bonds. The van der Waals surface area contributed by atoms with Gasteiger partial charge >= 0.3 is 0 Å². The molecule has 0 radical (unpaired) electrons. The van der Waals surface area contributed by atoms with Crippen molar-refractivity contribution in [3.05, 3.63) is 0 Å². The quantitative estimate of drug-likeness (QED) is 0.517. The molecule has 0 aromatic rings. The van der Waals surface area contributed by atoms with Crippen molar-refractivity contribution in [1.82, 2.24) is 5.32 Å². The van der Waals surface area contributed by atoms with E-state index in [2.05, 4.69) is 52.6 Å². The van der Waals surface area contributed by atoms with Crippen molar-refractivity contribution in [2.24, 2.45) is 5.41 Å². The van der Waals surface area contributed by atoms with E-state index in [0.29, 0.717) is 5.41 Å². The lowest BCUT2D eigenvalue weighted by Gasteiger charge is -2.20. The molecular formula is C11H25NS. The summed E-state index contributed by atoms with van der Waals surface area (Å²) in [5, 5.41) is 3.45. The SMILES string of the molecule is CC(C)(C)CCNCCC(C)(C)S. The molecule has 0 aliphatic rings. The first-order valence-electron chi connectivity index (χ1n) is 5.14. The van der Waals surface area contributed by atoms with Gasteiger partial charge in [-0.25, -0.2) is 0 Å². The van der Waals surface area contributed by atoms with Gasteiger partial charge in [-0.1, -0.05) is 34.6 Å². The van der Waals surface area contributed by atoms with Crippen molar-refractivity contribution in [1.29, 1.82) is 0 Å². The Morgan fingerprint density at radius 3 is 1.77 bits per heavy atom. The number of thiol groups is 1. The zero-order valence-corrected chi connectivity index (χ0v) is 10.7. The Labute approximate surface area is 89.1 Å². The summed E-state index contributed by atoms with van der Waals surface area (Å²) in [6.07, 6.45) is 2.36. The highest BCUT2D eigenvalue weighted by atomic mass is 32.1. The molecule has 0 aliphatic heterocycles. The Kier molecular flexibility index (Phi) is 5.38. The highest BCUT2D eigenvalue weighted by molar-refractivity contribution is 7.81. The van der Waals surface area contributed by atoms with Crippen LogP contribution in [-0.4, -0.2) is 17.8 Å². The molecule has 1 N–H and O–H groups in total. The molecule has 0 aromatic heterocycles. The van der Waals surface area contributed by atoms with Crippen LogP contribution in [0.4, 0.5) is 0 Å². The van der Waals surface area contributed by atoms with E-state index in [-0.39, 0.29) is 4.75 Å². The monoisotopic (exact) mass is 203 g/mol. The van der Waals surface area contributed by atoms with Gasteiger partial charge in [-0.05, 0) is 31.3 Å². The second-order valence-electron chi connectivity index (χ2n) is 5.62. The highest BCUT2D eigenvalue weighted by Gasteiger charge is 2.11. The van der Waals surface area contributed by atoms with Crippen LogP contribution in [0, 0.1) is 5.41 Å². The minimum atomic E-state index is 0.161. The molecule has 0 atom stereocenters. The van der Waals surface area contributed by atoms with Crippen LogP contribution in [0.3, 0.4) is 0 Å². The average molecular weight is 203 g/mol. The molecule has 0 spiro atoms. The topological polar surface area (TPSA) is 12.0 Å². The van der Waals surface area contributed by atoms with E-state index in [1.54, 1.807) is 0 Å². The molecule has 0 rings (SSSR count). The summed E-state index contributed by atoms with van der Waals surface area (Å²) in [7, 11) is 0. The maximum atomic E-state index is 4.47. The Balaban J connectivity index is 3.28. The Hall–Kier alpha value is 0.310. The minimum absolute atomic E-state index is 0.161. The molecule has 2 heteroatoms. The molecule has 0 saturated heterocycles. The molecule has 0 aliphatic carbocycles. The van der Waals surface area contributed by atoms with Crippen molar-refractivity contribution in [3.8, 4) is 0 Å². The van der Waals surface area contributed by atoms with E-state index in [4.69, 9.17) is 0 Å². The molecule has 0 saturated carbocycles. The number of hydrogen-bond donors (Lipinski definition) is 2. The summed E-state index contributed by atoms with van der Waals surface area (Å²) in [4.78, 5) is 0. The molecule has 0 aromatic carbocycles. The summed E-state index contributed by atoms with van der Waals surface area (Å²) in [6.45, 7) is 13.3. The largest absolute Gasteiger partial charge is 0.317 e. The fraction of sp³-hybridized carbons (Fsp3) is 1.00. The first-order valence-corrected chi connectivity index (χ1v) is 5.59. The molecule has 0 heterocycles. The van der Waals surface area contributed by atoms with Gasteiger partial charge in [0, 0.05) is 4.75 Å². The fourth-order valence-electron chi connectivity index (χ4n) is 0.983. The lowest BCUT2D eigenvalue weighted by molar-refractivity contribution is 0.365. The summed E-state index contributed by atoms with van der Waals surface area (Å²) in [5.41, 5.74) is 0.448. The standard InChI is InChI=1S/C11H25NS/c1-10(2,3)6-8-12-9-7-11(4,5)13/h12-13H,6-9H2,1-5H3. The molecule has 1 nitrogen and oxygen atoms in total. The molecule has 0 fully saturated rings. The normalized spacial score (nSPS) is 13.4. The van der Waals surface area contributed by atoms with Crippen LogP contribution in [-0.2, 0) is 0 Å². The van der Waals surface area contributed by atoms with Gasteiger partial charge in [-0.2, -0.15) is 12.6 Å². The molecule has 80 valence electrons. The van der Waals surface area contributed by atoms with E-state index in [1.807, 2.05) is 0 Å². The maximum Gasteiger partial charge on any atom is 0.00852 e. The Morgan fingerprint density at radius 1 is 0.923 bits per heavy atom. The molecule has 0 bridgehead atoms. The van der Waals surface area contributed by atoms with E-state index in [1.165, 1.54) is 6.42 Å². The van der Waals surface area contributed by atoms with Crippen LogP contribution in [0.2, 0.25) is 0 Å². The van der Waals surface area contributed by atoms with Gasteiger partial charge < -0.3 is 5.32 Å². The Morgan fingerprint density at radius 2 is 1.38 bits per heavy atom. The van der Waals surface area contributed by atoms with Gasteiger partial charge in [0.05, 0.1) is 0 Å². The lowest BCUT2D eigenvalue weighted by Crippen LogP contribution is -2.25. The van der Waals surface area contributed by atoms with Crippen LogP contribution >= 0.6 is 12.6 Å². The second-order valence-corrected chi connectivity index (χ2v) is 6.83. The van der Waals surface area contributed by atoms with Crippen LogP contribution in [0.25, 0.3) is 0 Å².